The number of hydrogen-bond donors (Lipinski definition) is 0. The van der Waals surface area contributed by atoms with Gasteiger partial charge in [-0.25, -0.2) is 0 Å². The average molecular weight is 783 g/mol. The van der Waals surface area contributed by atoms with Crippen LogP contribution in [0, 0.1) is 6.92 Å². The molecule has 0 aliphatic heterocycles. The maximum absolute atomic E-state index is 2.60. The zero-order valence-electron chi connectivity index (χ0n) is 33.4. The Bertz CT molecular complexity index is 3120. The van der Waals surface area contributed by atoms with Crippen molar-refractivity contribution in [2.45, 2.75) is 6.92 Å². The first-order valence-corrected chi connectivity index (χ1v) is 22.8. The van der Waals surface area contributed by atoms with Crippen molar-refractivity contribution in [2.24, 2.45) is 0 Å². The minimum absolute atomic E-state index is 1.11. The van der Waals surface area contributed by atoms with Gasteiger partial charge in [-0.05, 0) is 104 Å². The molecule has 0 atom stereocenters. The fourth-order valence-electron chi connectivity index (χ4n) is 9.58. The van der Waals surface area contributed by atoms with E-state index in [2.05, 4.69) is 253 Å². The summed E-state index contributed by atoms with van der Waals surface area (Å²) in [6.07, 6.45) is 0. The lowest BCUT2D eigenvalue weighted by atomic mass is 10.0. The van der Waals surface area contributed by atoms with Crippen LogP contribution in [0.1, 0.15) is 5.56 Å². The number of aromatic nitrogens is 1. The Hall–Kier alpha value is -7.46. The highest BCUT2D eigenvalue weighted by Crippen LogP contribution is 2.44. The molecule has 2 nitrogen and oxygen atoms in total. The van der Waals surface area contributed by atoms with Crippen LogP contribution in [0.3, 0.4) is 0 Å². The van der Waals surface area contributed by atoms with Gasteiger partial charge in [0.25, 0.3) is 0 Å². The Morgan fingerprint density at radius 1 is 0.350 bits per heavy atom. The van der Waals surface area contributed by atoms with Gasteiger partial charge in [-0.1, -0.05) is 188 Å². The van der Waals surface area contributed by atoms with Gasteiger partial charge >= 0.3 is 0 Å². The Morgan fingerprint density at radius 2 is 0.817 bits per heavy atom. The molecule has 0 amide bonds. The summed E-state index contributed by atoms with van der Waals surface area (Å²) in [6.45, 7) is 2.15. The number of aryl methyl sites for hydroxylation is 1. The van der Waals surface area contributed by atoms with Gasteiger partial charge in [0.2, 0.25) is 0 Å². The summed E-state index contributed by atoms with van der Waals surface area (Å²) in [7, 11) is -2.60. The molecule has 1 aromatic heterocycles. The molecule has 0 bridgehead atoms. The molecule has 0 saturated carbocycles. The molecular weight excluding hydrogens is 741 g/mol. The molecular formula is C57H42N2Si. The summed E-state index contributed by atoms with van der Waals surface area (Å²) in [5.41, 5.74) is 10.6. The zero-order valence-corrected chi connectivity index (χ0v) is 34.4. The number of benzene rings is 10. The quantitative estimate of drug-likeness (QED) is 0.0804. The second-order valence-electron chi connectivity index (χ2n) is 15.8. The van der Waals surface area contributed by atoms with Crippen molar-refractivity contribution < 1.29 is 0 Å². The summed E-state index contributed by atoms with van der Waals surface area (Å²) in [6, 6.07) is 87.5. The number of para-hydroxylation sites is 1. The summed E-state index contributed by atoms with van der Waals surface area (Å²) in [5, 5.41) is 10.6. The van der Waals surface area contributed by atoms with Crippen LogP contribution in [0.25, 0.3) is 49.4 Å². The average Bonchev–Trinajstić information content (AvgIpc) is 3.66. The molecule has 0 saturated heterocycles. The van der Waals surface area contributed by atoms with Gasteiger partial charge in [0.05, 0.1) is 11.0 Å². The van der Waals surface area contributed by atoms with E-state index in [-0.39, 0.29) is 0 Å². The van der Waals surface area contributed by atoms with Crippen molar-refractivity contribution in [1.82, 2.24) is 4.57 Å². The molecule has 11 rings (SSSR count). The normalized spacial score (nSPS) is 11.8. The van der Waals surface area contributed by atoms with Crippen LogP contribution in [0.15, 0.2) is 237 Å². The molecule has 0 aliphatic rings. The Kier molecular flexibility index (Phi) is 8.76. The Morgan fingerprint density at radius 3 is 1.38 bits per heavy atom. The van der Waals surface area contributed by atoms with Gasteiger partial charge in [0.1, 0.15) is 0 Å². The fraction of sp³-hybridized carbons (Fsp3) is 0.0175. The fourth-order valence-corrected chi connectivity index (χ4v) is 14.3. The predicted molar refractivity (Wildman–Crippen MR) is 258 cm³/mol. The molecule has 11 aromatic rings. The lowest BCUT2D eigenvalue weighted by molar-refractivity contribution is 1.18. The number of nitrogens with zero attached hydrogens (tertiary/aromatic N) is 2. The minimum Gasteiger partial charge on any atom is -0.310 e. The van der Waals surface area contributed by atoms with Crippen LogP contribution >= 0.6 is 0 Å². The van der Waals surface area contributed by atoms with Crippen LogP contribution in [0.2, 0.25) is 0 Å². The Balaban J connectivity index is 1.03. The van der Waals surface area contributed by atoms with E-state index in [4.69, 9.17) is 0 Å². The number of hydrogen-bond acceptors (Lipinski definition) is 1. The first-order valence-electron chi connectivity index (χ1n) is 20.8. The zero-order chi connectivity index (χ0) is 40.0. The topological polar surface area (TPSA) is 8.17 Å². The lowest BCUT2D eigenvalue weighted by Gasteiger charge is -2.34. The highest BCUT2D eigenvalue weighted by Gasteiger charge is 2.41. The minimum atomic E-state index is -2.60. The molecule has 10 aromatic carbocycles. The standard InChI is InChI=1S/C57H42N2Si/c1-41-25-33-47(34-26-41)58(49-39-45-28-27-44-15-14-24-54-56(44)57(45)55(40-49)59(54)46-16-6-2-7-17-46)48-35-29-42(30-36-48)43-31-37-53(38-32-43)60(50-18-8-3-9-19-50,51-20-10-4-11-21-51)52-22-12-5-13-23-52/h2-40H,1H3. The number of rotatable bonds is 9. The number of anilines is 3. The van der Waals surface area contributed by atoms with E-state index in [1.165, 1.54) is 70.0 Å². The SMILES string of the molecule is Cc1ccc(N(c2ccc(-c3ccc([Si](c4ccccc4)(c4ccccc4)c4ccccc4)cc3)cc2)c2cc3ccc4cccc5c4c3c(c2)n5-c2ccccc2)cc1. The van der Waals surface area contributed by atoms with E-state index >= 15 is 0 Å². The van der Waals surface area contributed by atoms with Crippen molar-refractivity contribution in [3.63, 3.8) is 0 Å². The molecule has 3 heteroatoms. The molecule has 0 radical (unpaired) electrons. The van der Waals surface area contributed by atoms with E-state index in [1.54, 1.807) is 0 Å². The van der Waals surface area contributed by atoms with Gasteiger partial charge in [-0.2, -0.15) is 0 Å². The first-order chi connectivity index (χ1) is 29.7. The predicted octanol–water partition coefficient (Wildman–Crippen LogP) is 12.2. The molecule has 0 unspecified atom stereocenters. The monoisotopic (exact) mass is 782 g/mol. The summed E-state index contributed by atoms with van der Waals surface area (Å²) >= 11 is 0. The highest BCUT2D eigenvalue weighted by molar-refractivity contribution is 7.19. The molecule has 0 aliphatic carbocycles. The van der Waals surface area contributed by atoms with Gasteiger partial charge in [-0.3, -0.25) is 0 Å². The van der Waals surface area contributed by atoms with Gasteiger partial charge in [0, 0.05) is 33.5 Å². The Labute approximate surface area is 352 Å². The third-order valence-electron chi connectivity index (χ3n) is 12.3. The third-order valence-corrected chi connectivity index (χ3v) is 17.1. The first kappa shape index (κ1) is 35.7. The summed E-state index contributed by atoms with van der Waals surface area (Å²) in [4.78, 5) is 2.40. The maximum Gasteiger partial charge on any atom is 0.179 e. The van der Waals surface area contributed by atoms with E-state index in [0.717, 1.165) is 22.7 Å². The molecule has 0 N–H and O–H groups in total. The highest BCUT2D eigenvalue weighted by atomic mass is 28.3. The van der Waals surface area contributed by atoms with Crippen molar-refractivity contribution in [3.05, 3.63) is 242 Å². The van der Waals surface area contributed by atoms with Crippen LogP contribution < -0.4 is 25.6 Å². The second-order valence-corrected chi connectivity index (χ2v) is 19.6. The van der Waals surface area contributed by atoms with Crippen molar-refractivity contribution in [2.75, 3.05) is 4.90 Å². The van der Waals surface area contributed by atoms with E-state index < -0.39 is 8.07 Å². The maximum atomic E-state index is 2.43. The van der Waals surface area contributed by atoms with Gasteiger partial charge in [0.15, 0.2) is 8.07 Å². The van der Waals surface area contributed by atoms with Gasteiger partial charge < -0.3 is 9.47 Å². The van der Waals surface area contributed by atoms with Gasteiger partial charge in [-0.15, -0.1) is 0 Å². The smallest absolute Gasteiger partial charge is 0.179 e. The molecule has 1 heterocycles. The van der Waals surface area contributed by atoms with Crippen LogP contribution in [-0.2, 0) is 0 Å². The third kappa shape index (κ3) is 5.85. The van der Waals surface area contributed by atoms with Crippen molar-refractivity contribution in [3.8, 4) is 16.8 Å². The van der Waals surface area contributed by atoms with Crippen molar-refractivity contribution >= 4 is 78.5 Å². The van der Waals surface area contributed by atoms with Crippen LogP contribution in [0.4, 0.5) is 17.1 Å². The van der Waals surface area contributed by atoms with Crippen LogP contribution in [-0.4, -0.2) is 12.6 Å². The van der Waals surface area contributed by atoms with Crippen molar-refractivity contribution in [1.29, 1.82) is 0 Å². The summed E-state index contributed by atoms with van der Waals surface area (Å²) in [5.74, 6) is 0. The molecule has 0 spiro atoms. The second kappa shape index (κ2) is 14.7. The van der Waals surface area contributed by atoms with E-state index in [9.17, 15) is 0 Å². The molecule has 60 heavy (non-hydrogen) atoms. The molecule has 284 valence electrons. The summed E-state index contributed by atoms with van der Waals surface area (Å²) < 4.78 is 2.43. The largest absolute Gasteiger partial charge is 0.310 e. The van der Waals surface area contributed by atoms with E-state index in [1.807, 2.05) is 0 Å². The van der Waals surface area contributed by atoms with E-state index in [0.29, 0.717) is 0 Å². The lowest BCUT2D eigenvalue weighted by Crippen LogP contribution is -2.74. The van der Waals surface area contributed by atoms with Crippen LogP contribution in [0.5, 0.6) is 0 Å². The molecule has 0 fully saturated rings.